The Bertz CT molecular complexity index is 1240. The van der Waals surface area contributed by atoms with Gasteiger partial charge in [0.1, 0.15) is 11.4 Å². The number of likely N-dealkylation sites (tertiary alicyclic amines) is 1. The molecule has 0 aliphatic carbocycles. The van der Waals surface area contributed by atoms with Gasteiger partial charge in [0, 0.05) is 41.8 Å². The van der Waals surface area contributed by atoms with E-state index in [1.165, 1.54) is 33.7 Å². The Morgan fingerprint density at radius 1 is 1.20 bits per heavy atom. The van der Waals surface area contributed by atoms with Crippen molar-refractivity contribution in [2.45, 2.75) is 64.8 Å². The smallest absolute Gasteiger partial charge is 0.219 e. The molecule has 4 heterocycles. The van der Waals surface area contributed by atoms with Gasteiger partial charge in [-0.2, -0.15) is 0 Å². The highest BCUT2D eigenvalue weighted by molar-refractivity contribution is 7.14. The molecule has 7 heteroatoms. The second kappa shape index (κ2) is 10.2. The van der Waals surface area contributed by atoms with E-state index in [1.54, 1.807) is 24.5 Å². The summed E-state index contributed by atoms with van der Waals surface area (Å²) in [4.78, 5) is 31.4. The molecule has 2 aromatic heterocycles. The van der Waals surface area contributed by atoms with Gasteiger partial charge in [0.15, 0.2) is 5.78 Å². The normalized spacial score (nSPS) is 17.2. The van der Waals surface area contributed by atoms with E-state index in [9.17, 15) is 14.0 Å². The number of halogens is 1. The highest BCUT2D eigenvalue weighted by atomic mass is 32.1. The zero-order valence-corrected chi connectivity index (χ0v) is 21.4. The molecular formula is C28H33FN2O3S. The minimum atomic E-state index is -0.269. The van der Waals surface area contributed by atoms with Gasteiger partial charge in [-0.1, -0.05) is 6.92 Å². The lowest BCUT2D eigenvalue weighted by Gasteiger charge is -2.31. The molecule has 1 aromatic carbocycles. The van der Waals surface area contributed by atoms with Crippen LogP contribution >= 0.6 is 11.3 Å². The highest BCUT2D eigenvalue weighted by Gasteiger charge is 2.27. The molecule has 0 unspecified atom stereocenters. The highest BCUT2D eigenvalue weighted by Crippen LogP contribution is 2.36. The van der Waals surface area contributed by atoms with Crippen molar-refractivity contribution < 1.29 is 18.4 Å². The Hall–Kier alpha value is -2.51. The maximum atomic E-state index is 13.5. The number of amides is 1. The van der Waals surface area contributed by atoms with Gasteiger partial charge in [-0.25, -0.2) is 4.39 Å². The maximum Gasteiger partial charge on any atom is 0.219 e. The monoisotopic (exact) mass is 496 g/mol. The van der Waals surface area contributed by atoms with E-state index in [-0.39, 0.29) is 17.5 Å². The van der Waals surface area contributed by atoms with E-state index in [1.807, 2.05) is 11.0 Å². The largest absolute Gasteiger partial charge is 0.464 e. The number of furan rings is 1. The Kier molecular flexibility index (Phi) is 7.07. The van der Waals surface area contributed by atoms with Crippen molar-refractivity contribution in [1.29, 1.82) is 0 Å². The Morgan fingerprint density at radius 3 is 2.74 bits per heavy atom. The third-order valence-corrected chi connectivity index (χ3v) is 8.99. The van der Waals surface area contributed by atoms with Crippen molar-refractivity contribution in [3.05, 3.63) is 56.7 Å². The number of ketones is 1. The molecule has 0 atom stereocenters. The zero-order chi connectivity index (χ0) is 24.5. The molecule has 0 bridgehead atoms. The number of thiophene rings is 1. The molecule has 5 nitrogen and oxygen atoms in total. The summed E-state index contributed by atoms with van der Waals surface area (Å²) in [5, 5.41) is 1.02. The summed E-state index contributed by atoms with van der Waals surface area (Å²) in [5.74, 6) is 0.518. The van der Waals surface area contributed by atoms with Crippen molar-refractivity contribution >= 4 is 34.0 Å². The summed E-state index contributed by atoms with van der Waals surface area (Å²) in [6.45, 7) is 8.07. The van der Waals surface area contributed by atoms with Crippen LogP contribution in [0.3, 0.4) is 0 Å². The first-order valence-corrected chi connectivity index (χ1v) is 13.6. The van der Waals surface area contributed by atoms with Crippen LogP contribution in [0.15, 0.2) is 28.9 Å². The summed E-state index contributed by atoms with van der Waals surface area (Å²) in [5.41, 5.74) is 4.34. The summed E-state index contributed by atoms with van der Waals surface area (Å²) in [7, 11) is 0. The van der Waals surface area contributed by atoms with Gasteiger partial charge in [-0.3, -0.25) is 9.59 Å². The van der Waals surface area contributed by atoms with Crippen LogP contribution in [-0.2, 0) is 24.2 Å². The molecule has 5 rings (SSSR count). The van der Waals surface area contributed by atoms with Crippen LogP contribution in [0, 0.1) is 5.82 Å². The molecule has 1 saturated heterocycles. The van der Waals surface area contributed by atoms with Gasteiger partial charge in [0.05, 0.1) is 17.7 Å². The standard InChI is InChI=1S/C28H33FN2O3S/c1-3-21-23-10-14-31(18(2)32)16-27(23)35-28(21)25(33)5-4-11-30-12-8-19(9-13-30)24-17-34-26-15-20(29)6-7-22(24)26/h6-7,15,17,19H,3-5,8-14,16H2,1-2H3. The van der Waals surface area contributed by atoms with E-state index in [0.717, 1.165) is 68.5 Å². The molecule has 35 heavy (non-hydrogen) atoms. The zero-order valence-electron chi connectivity index (χ0n) is 20.6. The quantitative estimate of drug-likeness (QED) is 0.380. The average molecular weight is 497 g/mol. The van der Waals surface area contributed by atoms with Crippen LogP contribution in [0.1, 0.15) is 76.7 Å². The molecule has 1 fully saturated rings. The van der Waals surface area contributed by atoms with Crippen LogP contribution < -0.4 is 0 Å². The van der Waals surface area contributed by atoms with E-state index < -0.39 is 0 Å². The van der Waals surface area contributed by atoms with E-state index in [4.69, 9.17) is 4.42 Å². The van der Waals surface area contributed by atoms with Gasteiger partial charge in [-0.05, 0) is 80.9 Å². The minimum Gasteiger partial charge on any atom is -0.464 e. The second-order valence-electron chi connectivity index (χ2n) is 9.83. The second-order valence-corrected chi connectivity index (χ2v) is 10.9. The summed E-state index contributed by atoms with van der Waals surface area (Å²) >= 11 is 1.61. The first-order chi connectivity index (χ1) is 16.9. The fourth-order valence-corrected chi connectivity index (χ4v) is 7.14. The predicted octanol–water partition coefficient (Wildman–Crippen LogP) is 5.94. The molecule has 0 radical (unpaired) electrons. The minimum absolute atomic E-state index is 0.105. The molecule has 3 aromatic rings. The van der Waals surface area contributed by atoms with E-state index in [2.05, 4.69) is 11.8 Å². The number of fused-ring (bicyclic) bond motifs is 2. The first kappa shape index (κ1) is 24.2. The number of benzene rings is 1. The lowest BCUT2D eigenvalue weighted by atomic mass is 9.89. The molecule has 0 saturated carbocycles. The number of Topliss-reactive ketones (excluding diaryl/α,β-unsaturated/α-hetero) is 1. The SMILES string of the molecule is CCc1c(C(=O)CCCN2CCC(c3coc4cc(F)ccc34)CC2)sc2c1CCN(C(C)=O)C2. The summed E-state index contributed by atoms with van der Waals surface area (Å²) in [6.07, 6.45) is 7.05. The lowest BCUT2D eigenvalue weighted by molar-refractivity contribution is -0.129. The predicted molar refractivity (Wildman–Crippen MR) is 137 cm³/mol. The van der Waals surface area contributed by atoms with Crippen LogP contribution in [0.25, 0.3) is 11.0 Å². The molecule has 2 aliphatic rings. The van der Waals surface area contributed by atoms with E-state index in [0.29, 0.717) is 24.5 Å². The molecule has 0 spiro atoms. The van der Waals surface area contributed by atoms with Gasteiger partial charge >= 0.3 is 0 Å². The van der Waals surface area contributed by atoms with Crippen LogP contribution in [0.2, 0.25) is 0 Å². The molecular weight excluding hydrogens is 463 g/mol. The van der Waals surface area contributed by atoms with Crippen molar-refractivity contribution in [2.24, 2.45) is 0 Å². The summed E-state index contributed by atoms with van der Waals surface area (Å²) < 4.78 is 19.1. The Morgan fingerprint density at radius 2 is 2.00 bits per heavy atom. The van der Waals surface area contributed by atoms with Crippen LogP contribution in [-0.4, -0.2) is 47.7 Å². The average Bonchev–Trinajstić information content (AvgIpc) is 3.44. The third kappa shape index (κ3) is 4.94. The Balaban J connectivity index is 1.14. The van der Waals surface area contributed by atoms with Gasteiger partial charge in [0.2, 0.25) is 5.91 Å². The van der Waals surface area contributed by atoms with E-state index >= 15 is 0 Å². The number of hydrogen-bond donors (Lipinski definition) is 0. The van der Waals surface area contributed by atoms with Crippen LogP contribution in [0.4, 0.5) is 4.39 Å². The fourth-order valence-electron chi connectivity index (χ4n) is 5.72. The lowest BCUT2D eigenvalue weighted by Crippen LogP contribution is -2.33. The van der Waals surface area contributed by atoms with Gasteiger partial charge in [0.25, 0.3) is 0 Å². The van der Waals surface area contributed by atoms with Crippen LogP contribution in [0.5, 0.6) is 0 Å². The molecule has 1 amide bonds. The molecule has 186 valence electrons. The van der Waals surface area contributed by atoms with Crippen molar-refractivity contribution in [3.8, 4) is 0 Å². The number of carbonyl (C=O) groups is 2. The number of rotatable bonds is 7. The fraction of sp³-hybridized carbons (Fsp3) is 0.500. The number of carbonyl (C=O) groups excluding carboxylic acids is 2. The Labute approximate surface area is 209 Å². The van der Waals surface area contributed by atoms with Crippen molar-refractivity contribution in [3.63, 3.8) is 0 Å². The first-order valence-electron chi connectivity index (χ1n) is 12.8. The van der Waals surface area contributed by atoms with Crippen molar-refractivity contribution in [2.75, 3.05) is 26.2 Å². The molecule has 2 aliphatic heterocycles. The summed E-state index contributed by atoms with van der Waals surface area (Å²) in [6, 6.07) is 4.78. The molecule has 0 N–H and O–H groups in total. The third-order valence-electron chi connectivity index (χ3n) is 7.69. The topological polar surface area (TPSA) is 53.8 Å². The number of nitrogens with zero attached hydrogens (tertiary/aromatic N) is 2. The maximum absolute atomic E-state index is 13.5. The van der Waals surface area contributed by atoms with Crippen molar-refractivity contribution in [1.82, 2.24) is 9.80 Å². The number of hydrogen-bond acceptors (Lipinski definition) is 5. The van der Waals surface area contributed by atoms with Gasteiger partial charge < -0.3 is 14.2 Å². The number of piperidine rings is 1. The van der Waals surface area contributed by atoms with Gasteiger partial charge in [-0.15, -0.1) is 11.3 Å².